The van der Waals surface area contributed by atoms with Crippen molar-refractivity contribution in [1.82, 2.24) is 4.98 Å². The quantitative estimate of drug-likeness (QED) is 0.765. The van der Waals surface area contributed by atoms with Gasteiger partial charge in [-0.15, -0.1) is 0 Å². The number of rotatable bonds is 4. The minimum absolute atomic E-state index is 0.186. The van der Waals surface area contributed by atoms with Crippen molar-refractivity contribution in [2.75, 3.05) is 6.61 Å². The Labute approximate surface area is 76.0 Å². The maximum atomic E-state index is 11.5. The Morgan fingerprint density at radius 1 is 1.54 bits per heavy atom. The molecule has 1 aromatic rings. The molecule has 0 unspecified atom stereocenters. The van der Waals surface area contributed by atoms with Crippen LogP contribution in [0.5, 0.6) is 5.88 Å². The zero-order valence-corrected chi connectivity index (χ0v) is 7.11. The second-order valence-electron chi connectivity index (χ2n) is 2.38. The molecule has 1 rings (SSSR count). The summed E-state index contributed by atoms with van der Waals surface area (Å²) in [7, 11) is 0. The van der Waals surface area contributed by atoms with Gasteiger partial charge in [0.1, 0.15) is 6.61 Å². The lowest BCUT2D eigenvalue weighted by atomic mass is 10.3. The lowest BCUT2D eigenvalue weighted by Crippen LogP contribution is -1.99. The second kappa shape index (κ2) is 5.27. The van der Waals surface area contributed by atoms with Gasteiger partial charge in [-0.05, 0) is 11.6 Å². The van der Waals surface area contributed by atoms with Gasteiger partial charge in [0.2, 0.25) is 5.88 Å². The lowest BCUT2D eigenvalue weighted by Gasteiger charge is -2.01. The molecule has 70 valence electrons. The molecule has 0 aliphatic rings. The molecule has 3 nitrogen and oxygen atoms in total. The third kappa shape index (κ3) is 3.21. The zero-order valence-electron chi connectivity index (χ0n) is 7.11. The monoisotopic (exact) mass is 182 g/mol. The van der Waals surface area contributed by atoms with Crippen molar-refractivity contribution in [3.05, 3.63) is 36.3 Å². The summed E-state index contributed by atoms with van der Waals surface area (Å²) in [6.45, 7) is 0.642. The first kappa shape index (κ1) is 9.67. The molecule has 1 heterocycles. The highest BCUT2D eigenvalue weighted by atomic mass is 19.1. The van der Waals surface area contributed by atoms with Crippen molar-refractivity contribution in [2.24, 2.45) is 5.73 Å². The molecule has 0 atom stereocenters. The number of pyridine rings is 1. The summed E-state index contributed by atoms with van der Waals surface area (Å²) in [4.78, 5) is 3.96. The minimum Gasteiger partial charge on any atom is -0.473 e. The predicted octanol–water partition coefficient (Wildman–Crippen LogP) is 1.40. The van der Waals surface area contributed by atoms with Crippen LogP contribution in [0.25, 0.3) is 0 Å². The maximum Gasteiger partial charge on any atom is 0.213 e. The molecule has 2 N–H and O–H groups in total. The normalized spacial score (nSPS) is 10.6. The Morgan fingerprint density at radius 3 is 2.92 bits per heavy atom. The molecule has 0 saturated heterocycles. The van der Waals surface area contributed by atoms with E-state index >= 15 is 0 Å². The fourth-order valence-corrected chi connectivity index (χ4v) is 0.787. The highest BCUT2D eigenvalue weighted by Gasteiger charge is 1.93. The third-order valence-corrected chi connectivity index (χ3v) is 1.45. The van der Waals surface area contributed by atoms with Gasteiger partial charge in [0.25, 0.3) is 0 Å². The van der Waals surface area contributed by atoms with Gasteiger partial charge in [-0.2, -0.15) is 0 Å². The Balaban J connectivity index is 2.49. The summed E-state index contributed by atoms with van der Waals surface area (Å²) >= 11 is 0. The first-order valence-corrected chi connectivity index (χ1v) is 3.90. The van der Waals surface area contributed by atoms with E-state index in [4.69, 9.17) is 10.5 Å². The summed E-state index contributed by atoms with van der Waals surface area (Å²) in [5.74, 6) is 0.468. The van der Waals surface area contributed by atoms with E-state index in [2.05, 4.69) is 4.98 Å². The van der Waals surface area contributed by atoms with Crippen molar-refractivity contribution in [1.29, 1.82) is 0 Å². The Hall–Kier alpha value is -1.42. The Bertz CT molecular complexity index is 271. The van der Waals surface area contributed by atoms with Crippen molar-refractivity contribution < 1.29 is 9.13 Å². The minimum atomic E-state index is 0.186. The Kier molecular flexibility index (Phi) is 3.92. The molecule has 0 spiro atoms. The van der Waals surface area contributed by atoms with Crippen LogP contribution in [0.1, 0.15) is 5.56 Å². The molecule has 0 aliphatic heterocycles. The molecule has 4 heteroatoms. The average molecular weight is 182 g/mol. The predicted molar refractivity (Wildman–Crippen MR) is 47.9 cm³/mol. The molecule has 0 amide bonds. The summed E-state index contributed by atoms with van der Waals surface area (Å²) in [6.07, 6.45) is 3.33. The first-order chi connectivity index (χ1) is 6.36. The molecule has 0 saturated carbocycles. The van der Waals surface area contributed by atoms with E-state index in [0.717, 1.165) is 5.56 Å². The number of hydrogen-bond acceptors (Lipinski definition) is 3. The van der Waals surface area contributed by atoms with Crippen molar-refractivity contribution in [3.63, 3.8) is 0 Å². The van der Waals surface area contributed by atoms with Crippen LogP contribution in [-0.2, 0) is 6.54 Å². The van der Waals surface area contributed by atoms with Gasteiger partial charge in [-0.3, -0.25) is 0 Å². The fourth-order valence-electron chi connectivity index (χ4n) is 0.787. The van der Waals surface area contributed by atoms with Gasteiger partial charge in [0.05, 0.1) is 6.33 Å². The lowest BCUT2D eigenvalue weighted by molar-refractivity contribution is 0.346. The topological polar surface area (TPSA) is 48.1 Å². The Morgan fingerprint density at radius 2 is 2.38 bits per heavy atom. The van der Waals surface area contributed by atoms with Crippen LogP contribution in [0.4, 0.5) is 4.39 Å². The highest BCUT2D eigenvalue weighted by Crippen LogP contribution is 2.06. The van der Waals surface area contributed by atoms with Crippen molar-refractivity contribution in [2.45, 2.75) is 6.54 Å². The van der Waals surface area contributed by atoms with Crippen molar-refractivity contribution in [3.8, 4) is 5.88 Å². The van der Waals surface area contributed by atoms with Gasteiger partial charge in [-0.25, -0.2) is 9.37 Å². The van der Waals surface area contributed by atoms with Crippen LogP contribution in [0, 0.1) is 0 Å². The highest BCUT2D eigenvalue weighted by molar-refractivity contribution is 5.17. The molecular formula is C9H11FN2O. The summed E-state index contributed by atoms with van der Waals surface area (Å²) in [5, 5.41) is 0. The smallest absolute Gasteiger partial charge is 0.213 e. The maximum absolute atomic E-state index is 11.5. The molecule has 0 aromatic carbocycles. The molecule has 0 aliphatic carbocycles. The standard InChI is InChI=1S/C9H11FN2O/c10-4-1-5-13-9-3-2-8(6-11)7-12-9/h1-4,7H,5-6,11H2/b4-1-. The summed E-state index contributed by atoms with van der Waals surface area (Å²) in [5.41, 5.74) is 6.32. The molecule has 1 aromatic heterocycles. The van der Waals surface area contributed by atoms with E-state index in [1.165, 1.54) is 6.08 Å². The number of ether oxygens (including phenoxy) is 1. The molecular weight excluding hydrogens is 171 g/mol. The van der Waals surface area contributed by atoms with E-state index in [9.17, 15) is 4.39 Å². The van der Waals surface area contributed by atoms with Crippen molar-refractivity contribution >= 4 is 0 Å². The van der Waals surface area contributed by atoms with Crippen LogP contribution in [0.15, 0.2) is 30.7 Å². The van der Waals surface area contributed by atoms with E-state index in [1.807, 2.05) is 6.07 Å². The van der Waals surface area contributed by atoms with Crippen LogP contribution < -0.4 is 10.5 Å². The van der Waals surface area contributed by atoms with E-state index < -0.39 is 0 Å². The van der Waals surface area contributed by atoms with Crippen LogP contribution in [0.2, 0.25) is 0 Å². The van der Waals surface area contributed by atoms with E-state index in [-0.39, 0.29) is 6.61 Å². The van der Waals surface area contributed by atoms with Crippen LogP contribution in [-0.4, -0.2) is 11.6 Å². The van der Waals surface area contributed by atoms with Crippen LogP contribution in [0.3, 0.4) is 0 Å². The molecule has 0 bridgehead atoms. The van der Waals surface area contributed by atoms with Gasteiger partial charge in [0, 0.05) is 18.8 Å². The summed E-state index contributed by atoms with van der Waals surface area (Å²) < 4.78 is 16.6. The number of nitrogens with zero attached hydrogens (tertiary/aromatic N) is 1. The van der Waals surface area contributed by atoms with Crippen LogP contribution >= 0.6 is 0 Å². The van der Waals surface area contributed by atoms with Gasteiger partial charge >= 0.3 is 0 Å². The number of halogens is 1. The first-order valence-electron chi connectivity index (χ1n) is 3.90. The molecule has 0 radical (unpaired) electrons. The van der Waals surface area contributed by atoms with E-state index in [0.29, 0.717) is 18.8 Å². The second-order valence-corrected chi connectivity index (χ2v) is 2.38. The largest absolute Gasteiger partial charge is 0.473 e. The van der Waals surface area contributed by atoms with Gasteiger partial charge in [0.15, 0.2) is 0 Å². The average Bonchev–Trinajstić information content (AvgIpc) is 2.19. The number of hydrogen-bond donors (Lipinski definition) is 1. The number of nitrogens with two attached hydrogens (primary N) is 1. The van der Waals surface area contributed by atoms with E-state index in [1.54, 1.807) is 12.3 Å². The van der Waals surface area contributed by atoms with Gasteiger partial charge in [-0.1, -0.05) is 6.07 Å². The number of aromatic nitrogens is 1. The fraction of sp³-hybridized carbons (Fsp3) is 0.222. The van der Waals surface area contributed by atoms with Gasteiger partial charge < -0.3 is 10.5 Å². The SMILES string of the molecule is NCc1ccc(OC/C=C\F)nc1. The molecule has 0 fully saturated rings. The molecule has 13 heavy (non-hydrogen) atoms. The zero-order chi connectivity index (χ0) is 9.52. The summed E-state index contributed by atoms with van der Waals surface area (Å²) in [6, 6.07) is 3.52. The third-order valence-electron chi connectivity index (χ3n) is 1.45.